The second kappa shape index (κ2) is 8.34. The molecule has 0 radical (unpaired) electrons. The molecule has 0 aliphatic carbocycles. The lowest BCUT2D eigenvalue weighted by atomic mass is 9.95. The summed E-state index contributed by atoms with van der Waals surface area (Å²) in [5.41, 5.74) is -0.940. The van der Waals surface area contributed by atoms with Crippen molar-refractivity contribution < 1.29 is 26.3 Å². The molecule has 1 aromatic heterocycles. The molecule has 0 saturated carbocycles. The highest BCUT2D eigenvalue weighted by Gasteiger charge is 2.33. The zero-order valence-electron chi connectivity index (χ0n) is 15.1. The lowest BCUT2D eigenvalue weighted by Crippen LogP contribution is -2.40. The number of nitrogens with zero attached hydrogens (tertiary/aromatic N) is 2. The van der Waals surface area contributed by atoms with E-state index in [0.29, 0.717) is 29.9 Å². The molecule has 9 heteroatoms. The van der Waals surface area contributed by atoms with Gasteiger partial charge in [-0.25, -0.2) is 13.4 Å². The van der Waals surface area contributed by atoms with Gasteiger partial charge in [0, 0.05) is 12.6 Å². The highest BCUT2D eigenvalue weighted by atomic mass is 32.2. The molecular formula is C18H25F3N2O3S. The number of piperidine rings is 1. The summed E-state index contributed by atoms with van der Waals surface area (Å²) in [5.74, 6) is 1.34. The number of aromatic nitrogens is 1. The van der Waals surface area contributed by atoms with E-state index in [0.717, 1.165) is 51.4 Å². The molecule has 3 heterocycles. The third kappa shape index (κ3) is 6.07. The van der Waals surface area contributed by atoms with E-state index in [2.05, 4.69) is 9.88 Å². The van der Waals surface area contributed by atoms with Gasteiger partial charge in [0.2, 0.25) is 5.88 Å². The molecule has 2 aliphatic rings. The Morgan fingerprint density at radius 2 is 1.74 bits per heavy atom. The first-order chi connectivity index (χ1) is 12.7. The fourth-order valence-electron chi connectivity index (χ4n) is 3.68. The van der Waals surface area contributed by atoms with E-state index in [-0.39, 0.29) is 5.88 Å². The number of alkyl halides is 3. The minimum absolute atomic E-state index is 0.00988. The number of rotatable bonds is 5. The molecular weight excluding hydrogens is 381 g/mol. The van der Waals surface area contributed by atoms with Gasteiger partial charge in [-0.1, -0.05) is 6.07 Å². The monoisotopic (exact) mass is 406 g/mol. The van der Waals surface area contributed by atoms with Gasteiger partial charge in [-0.2, -0.15) is 13.2 Å². The highest BCUT2D eigenvalue weighted by molar-refractivity contribution is 7.91. The maximum absolute atomic E-state index is 12.7. The Labute approximate surface area is 157 Å². The molecule has 2 aliphatic heterocycles. The van der Waals surface area contributed by atoms with Gasteiger partial charge in [0.05, 0.1) is 18.1 Å². The number of hydrogen-bond donors (Lipinski definition) is 0. The average Bonchev–Trinajstić information content (AvgIpc) is 2.62. The van der Waals surface area contributed by atoms with Gasteiger partial charge in [0.25, 0.3) is 0 Å². The molecule has 2 saturated heterocycles. The van der Waals surface area contributed by atoms with Crippen LogP contribution in [0.1, 0.15) is 31.4 Å². The number of ether oxygens (including phenoxy) is 1. The fourth-order valence-corrected chi connectivity index (χ4v) is 5.27. The molecule has 0 bridgehead atoms. The summed E-state index contributed by atoms with van der Waals surface area (Å²) in [6.45, 7) is 3.11. The first kappa shape index (κ1) is 20.4. The molecule has 0 unspecified atom stereocenters. The van der Waals surface area contributed by atoms with Crippen LogP contribution in [0.25, 0.3) is 0 Å². The molecule has 0 aromatic carbocycles. The zero-order chi connectivity index (χ0) is 19.5. The molecule has 0 amide bonds. The minimum atomic E-state index is -4.47. The van der Waals surface area contributed by atoms with Gasteiger partial charge >= 0.3 is 6.18 Å². The molecule has 2 fully saturated rings. The van der Waals surface area contributed by atoms with Gasteiger partial charge in [-0.3, -0.25) is 0 Å². The predicted octanol–water partition coefficient (Wildman–Crippen LogP) is 3.02. The zero-order valence-corrected chi connectivity index (χ0v) is 15.9. The van der Waals surface area contributed by atoms with Crippen LogP contribution >= 0.6 is 0 Å². The number of hydrogen-bond acceptors (Lipinski definition) is 5. The van der Waals surface area contributed by atoms with Gasteiger partial charge < -0.3 is 9.64 Å². The normalized spacial score (nSPS) is 22.6. The van der Waals surface area contributed by atoms with Crippen LogP contribution in [-0.4, -0.2) is 56.0 Å². The lowest BCUT2D eigenvalue weighted by Gasteiger charge is -2.35. The Hall–Kier alpha value is -1.35. The van der Waals surface area contributed by atoms with Crippen LogP contribution in [0.15, 0.2) is 18.2 Å². The van der Waals surface area contributed by atoms with E-state index >= 15 is 0 Å². The van der Waals surface area contributed by atoms with Crippen molar-refractivity contribution >= 4 is 9.84 Å². The SMILES string of the molecule is O=S1(=O)CCC(CN2CCC(COc3cccc(C(F)(F)F)n3)CC2)CC1. The van der Waals surface area contributed by atoms with Crippen molar-refractivity contribution in [1.29, 1.82) is 0 Å². The molecule has 152 valence electrons. The van der Waals surface area contributed by atoms with Crippen molar-refractivity contribution in [2.75, 3.05) is 37.7 Å². The van der Waals surface area contributed by atoms with E-state index < -0.39 is 21.7 Å². The third-order valence-electron chi connectivity index (χ3n) is 5.38. The van der Waals surface area contributed by atoms with E-state index in [1.807, 2.05) is 0 Å². The minimum Gasteiger partial charge on any atom is -0.477 e. The van der Waals surface area contributed by atoms with Crippen LogP contribution in [0, 0.1) is 11.8 Å². The summed E-state index contributed by atoms with van der Waals surface area (Å²) in [6, 6.07) is 3.68. The molecule has 27 heavy (non-hydrogen) atoms. The molecule has 0 atom stereocenters. The maximum atomic E-state index is 12.7. The summed E-state index contributed by atoms with van der Waals surface area (Å²) in [5, 5.41) is 0. The second-order valence-corrected chi connectivity index (χ2v) is 9.81. The molecule has 0 N–H and O–H groups in total. The predicted molar refractivity (Wildman–Crippen MR) is 95.3 cm³/mol. The van der Waals surface area contributed by atoms with E-state index in [1.165, 1.54) is 12.1 Å². The van der Waals surface area contributed by atoms with Gasteiger partial charge in [0.15, 0.2) is 0 Å². The Bertz CT molecular complexity index is 718. The van der Waals surface area contributed by atoms with Crippen molar-refractivity contribution in [2.24, 2.45) is 11.8 Å². The van der Waals surface area contributed by atoms with Crippen LogP contribution in [0.4, 0.5) is 13.2 Å². The van der Waals surface area contributed by atoms with Gasteiger partial charge in [0.1, 0.15) is 15.5 Å². The van der Waals surface area contributed by atoms with Crippen LogP contribution < -0.4 is 4.74 Å². The van der Waals surface area contributed by atoms with Crippen LogP contribution in [0.5, 0.6) is 5.88 Å². The van der Waals surface area contributed by atoms with Crippen molar-refractivity contribution in [3.8, 4) is 5.88 Å². The summed E-state index contributed by atoms with van der Waals surface area (Å²) in [4.78, 5) is 5.89. The van der Waals surface area contributed by atoms with Gasteiger partial charge in [-0.05, 0) is 56.7 Å². The Morgan fingerprint density at radius 3 is 2.37 bits per heavy atom. The molecule has 5 nitrogen and oxygen atoms in total. The molecule has 1 aromatic rings. The smallest absolute Gasteiger partial charge is 0.433 e. The summed E-state index contributed by atoms with van der Waals surface area (Å²) in [7, 11) is -2.82. The second-order valence-electron chi connectivity index (χ2n) is 7.51. The molecule has 3 rings (SSSR count). The number of sulfone groups is 1. The topological polar surface area (TPSA) is 59.5 Å². The fraction of sp³-hybridized carbons (Fsp3) is 0.722. The first-order valence-electron chi connectivity index (χ1n) is 9.31. The molecule has 0 spiro atoms. The Morgan fingerprint density at radius 1 is 1.07 bits per heavy atom. The number of pyridine rings is 1. The van der Waals surface area contributed by atoms with Crippen LogP contribution in [0.3, 0.4) is 0 Å². The standard InChI is InChI=1S/C18H25F3N2O3S/c19-18(20,21)16-2-1-3-17(22-16)26-13-15-4-8-23(9-5-15)12-14-6-10-27(24,25)11-7-14/h1-3,14-15H,4-13H2. The van der Waals surface area contributed by atoms with Crippen LogP contribution in [0.2, 0.25) is 0 Å². The maximum Gasteiger partial charge on any atom is 0.433 e. The van der Waals surface area contributed by atoms with Gasteiger partial charge in [-0.15, -0.1) is 0 Å². The number of halogens is 3. The third-order valence-corrected chi connectivity index (χ3v) is 7.09. The van der Waals surface area contributed by atoms with E-state index in [9.17, 15) is 21.6 Å². The van der Waals surface area contributed by atoms with Crippen molar-refractivity contribution in [2.45, 2.75) is 31.9 Å². The van der Waals surface area contributed by atoms with Crippen molar-refractivity contribution in [1.82, 2.24) is 9.88 Å². The average molecular weight is 406 g/mol. The lowest BCUT2D eigenvalue weighted by molar-refractivity contribution is -0.141. The quantitative estimate of drug-likeness (QED) is 0.752. The Balaban J connectivity index is 1.40. The Kier molecular flexibility index (Phi) is 6.30. The van der Waals surface area contributed by atoms with Crippen LogP contribution in [-0.2, 0) is 16.0 Å². The van der Waals surface area contributed by atoms with E-state index in [4.69, 9.17) is 4.74 Å². The van der Waals surface area contributed by atoms with E-state index in [1.54, 1.807) is 0 Å². The first-order valence-corrected chi connectivity index (χ1v) is 11.1. The summed E-state index contributed by atoms with van der Waals surface area (Å²) < 4.78 is 66.5. The highest BCUT2D eigenvalue weighted by Crippen LogP contribution is 2.29. The van der Waals surface area contributed by atoms with Crippen molar-refractivity contribution in [3.63, 3.8) is 0 Å². The largest absolute Gasteiger partial charge is 0.477 e. The number of likely N-dealkylation sites (tertiary alicyclic amines) is 1. The summed E-state index contributed by atoms with van der Waals surface area (Å²) >= 11 is 0. The summed E-state index contributed by atoms with van der Waals surface area (Å²) in [6.07, 6.45) is -1.14. The van der Waals surface area contributed by atoms with Crippen molar-refractivity contribution in [3.05, 3.63) is 23.9 Å².